The highest BCUT2D eigenvalue weighted by Crippen LogP contribution is 2.31. The molecule has 0 aliphatic carbocycles. The second kappa shape index (κ2) is 4.83. The molecule has 1 N–H and O–H groups in total. The quantitative estimate of drug-likeness (QED) is 0.905. The summed E-state index contributed by atoms with van der Waals surface area (Å²) in [6, 6.07) is 6.87. The molecule has 0 saturated carbocycles. The van der Waals surface area contributed by atoms with E-state index in [2.05, 4.69) is 4.98 Å². The van der Waals surface area contributed by atoms with E-state index in [4.69, 9.17) is 9.84 Å². The summed E-state index contributed by atoms with van der Waals surface area (Å²) in [6.07, 6.45) is 1.36. The zero-order chi connectivity index (χ0) is 13.1. The number of benzene rings is 1. The summed E-state index contributed by atoms with van der Waals surface area (Å²) in [5.41, 5.74) is 0.944. The molecule has 0 aliphatic heterocycles. The van der Waals surface area contributed by atoms with Crippen LogP contribution in [0.4, 0.5) is 4.39 Å². The van der Waals surface area contributed by atoms with Crippen LogP contribution >= 0.6 is 0 Å². The van der Waals surface area contributed by atoms with Crippen molar-refractivity contribution in [3.8, 4) is 17.0 Å². The third kappa shape index (κ3) is 2.15. The smallest absolute Gasteiger partial charge is 0.336 e. The molecule has 1 aromatic carbocycles. The van der Waals surface area contributed by atoms with Gasteiger partial charge in [-0.3, -0.25) is 0 Å². The first-order chi connectivity index (χ1) is 8.63. The average Bonchev–Trinajstić information content (AvgIpc) is 2.38. The number of ether oxygens (including phenoxy) is 1. The van der Waals surface area contributed by atoms with Crippen LogP contribution in [0.1, 0.15) is 10.4 Å². The zero-order valence-electron chi connectivity index (χ0n) is 9.55. The van der Waals surface area contributed by atoms with E-state index < -0.39 is 11.8 Å². The van der Waals surface area contributed by atoms with E-state index in [1.807, 2.05) is 0 Å². The third-order valence-electron chi connectivity index (χ3n) is 2.47. The Hall–Kier alpha value is -2.43. The van der Waals surface area contributed by atoms with E-state index >= 15 is 0 Å². The van der Waals surface area contributed by atoms with Gasteiger partial charge in [0.25, 0.3) is 0 Å². The molecule has 2 rings (SSSR count). The van der Waals surface area contributed by atoms with E-state index in [9.17, 15) is 9.18 Å². The summed E-state index contributed by atoms with van der Waals surface area (Å²) in [5, 5.41) is 9.14. The molecule has 0 spiro atoms. The maximum atomic E-state index is 12.9. The molecule has 0 aliphatic rings. The van der Waals surface area contributed by atoms with Crippen LogP contribution in [0.2, 0.25) is 0 Å². The van der Waals surface area contributed by atoms with E-state index in [0.29, 0.717) is 11.1 Å². The molecule has 92 valence electrons. The van der Waals surface area contributed by atoms with Crippen molar-refractivity contribution >= 4 is 5.97 Å². The number of pyridine rings is 1. The predicted molar refractivity (Wildman–Crippen MR) is 63.1 cm³/mol. The van der Waals surface area contributed by atoms with Gasteiger partial charge in [-0.1, -0.05) is 12.1 Å². The Bertz CT molecular complexity index is 581. The second-order valence-electron chi connectivity index (χ2n) is 3.55. The summed E-state index contributed by atoms with van der Waals surface area (Å²) in [6.45, 7) is 0. The van der Waals surface area contributed by atoms with Crippen molar-refractivity contribution in [3.63, 3.8) is 0 Å². The molecule has 5 heteroatoms. The Labute approximate surface area is 103 Å². The first-order valence-electron chi connectivity index (χ1n) is 5.15. The number of carbonyl (C=O) groups is 1. The maximum Gasteiger partial charge on any atom is 0.336 e. The molecule has 4 nitrogen and oxygen atoms in total. The molecule has 1 aromatic heterocycles. The van der Waals surface area contributed by atoms with Gasteiger partial charge in [-0.05, 0) is 23.8 Å². The lowest BCUT2D eigenvalue weighted by Gasteiger charge is -2.10. The van der Waals surface area contributed by atoms with Crippen molar-refractivity contribution < 1.29 is 19.0 Å². The van der Waals surface area contributed by atoms with Crippen molar-refractivity contribution in [2.75, 3.05) is 7.11 Å². The number of carboxylic acids is 1. The lowest BCUT2D eigenvalue weighted by molar-refractivity contribution is 0.0697. The molecule has 0 fully saturated rings. The highest BCUT2D eigenvalue weighted by Gasteiger charge is 2.17. The number of halogens is 1. The van der Waals surface area contributed by atoms with Crippen LogP contribution in [0.5, 0.6) is 5.88 Å². The zero-order valence-corrected chi connectivity index (χ0v) is 9.55. The first-order valence-corrected chi connectivity index (χ1v) is 5.15. The molecule has 0 unspecified atom stereocenters. The molecule has 0 atom stereocenters. The van der Waals surface area contributed by atoms with Gasteiger partial charge >= 0.3 is 5.97 Å². The van der Waals surface area contributed by atoms with E-state index in [-0.39, 0.29) is 11.4 Å². The minimum Gasteiger partial charge on any atom is -0.481 e. The van der Waals surface area contributed by atoms with Gasteiger partial charge in [-0.15, -0.1) is 0 Å². The van der Waals surface area contributed by atoms with Crippen molar-refractivity contribution in [1.29, 1.82) is 0 Å². The fourth-order valence-electron chi connectivity index (χ4n) is 1.67. The number of aromatic carboxylic acids is 1. The van der Waals surface area contributed by atoms with Gasteiger partial charge < -0.3 is 9.84 Å². The van der Waals surface area contributed by atoms with Crippen LogP contribution in [0.25, 0.3) is 11.1 Å². The first kappa shape index (κ1) is 12.0. The second-order valence-corrected chi connectivity index (χ2v) is 3.55. The molecule has 0 radical (unpaired) electrons. The van der Waals surface area contributed by atoms with Crippen LogP contribution in [0, 0.1) is 5.82 Å². The molecule has 18 heavy (non-hydrogen) atoms. The number of rotatable bonds is 3. The van der Waals surface area contributed by atoms with Crippen molar-refractivity contribution in [3.05, 3.63) is 47.9 Å². The van der Waals surface area contributed by atoms with Gasteiger partial charge in [0.2, 0.25) is 5.88 Å². The average molecular weight is 247 g/mol. The molecule has 0 bridgehead atoms. The Morgan fingerprint density at radius 2 is 1.94 bits per heavy atom. The minimum atomic E-state index is -1.09. The summed E-state index contributed by atoms with van der Waals surface area (Å²) in [4.78, 5) is 15.1. The van der Waals surface area contributed by atoms with E-state index in [1.165, 1.54) is 43.6 Å². The summed E-state index contributed by atoms with van der Waals surface area (Å²) >= 11 is 0. The number of carboxylic acid groups (broad SMARTS) is 1. The Morgan fingerprint density at radius 1 is 1.28 bits per heavy atom. The number of nitrogens with zero attached hydrogens (tertiary/aromatic N) is 1. The highest BCUT2D eigenvalue weighted by atomic mass is 19.1. The SMILES string of the molecule is COc1nccc(C(=O)O)c1-c1ccc(F)cc1. The normalized spacial score (nSPS) is 10.1. The van der Waals surface area contributed by atoms with Crippen LogP contribution in [0.15, 0.2) is 36.5 Å². The molecule has 0 saturated heterocycles. The monoisotopic (exact) mass is 247 g/mol. The summed E-state index contributed by atoms with van der Waals surface area (Å²) in [7, 11) is 1.40. The van der Waals surface area contributed by atoms with Crippen molar-refractivity contribution in [1.82, 2.24) is 4.98 Å². The standard InChI is InChI=1S/C13H10FNO3/c1-18-12-11(8-2-4-9(14)5-3-8)10(13(16)17)6-7-15-12/h2-7H,1H3,(H,16,17). The van der Waals surface area contributed by atoms with Crippen LogP contribution < -0.4 is 4.74 Å². The van der Waals surface area contributed by atoms with Gasteiger partial charge in [0.05, 0.1) is 18.2 Å². The highest BCUT2D eigenvalue weighted by molar-refractivity contribution is 5.97. The van der Waals surface area contributed by atoms with Crippen LogP contribution in [-0.2, 0) is 0 Å². The maximum absolute atomic E-state index is 12.9. The topological polar surface area (TPSA) is 59.4 Å². The summed E-state index contributed by atoms with van der Waals surface area (Å²) in [5.74, 6) is -1.28. The van der Waals surface area contributed by atoms with E-state index in [1.54, 1.807) is 0 Å². The molecule has 2 aromatic rings. The Morgan fingerprint density at radius 3 is 2.50 bits per heavy atom. The van der Waals surface area contributed by atoms with E-state index in [0.717, 1.165) is 0 Å². The van der Waals surface area contributed by atoms with Gasteiger partial charge in [0.1, 0.15) is 5.82 Å². The fraction of sp³-hybridized carbons (Fsp3) is 0.0769. The molecule has 1 heterocycles. The van der Waals surface area contributed by atoms with Gasteiger partial charge in [-0.25, -0.2) is 14.2 Å². The fourth-order valence-corrected chi connectivity index (χ4v) is 1.67. The number of methoxy groups -OCH3 is 1. The number of hydrogen-bond donors (Lipinski definition) is 1. The summed E-state index contributed by atoms with van der Waals surface area (Å²) < 4.78 is 17.9. The van der Waals surface area contributed by atoms with Crippen LogP contribution in [-0.4, -0.2) is 23.2 Å². The van der Waals surface area contributed by atoms with Crippen molar-refractivity contribution in [2.24, 2.45) is 0 Å². The number of aromatic nitrogens is 1. The lowest BCUT2D eigenvalue weighted by Crippen LogP contribution is -2.03. The Kier molecular flexibility index (Phi) is 3.23. The van der Waals surface area contributed by atoms with Crippen molar-refractivity contribution in [2.45, 2.75) is 0 Å². The minimum absolute atomic E-state index is 0.0634. The number of hydrogen-bond acceptors (Lipinski definition) is 3. The lowest BCUT2D eigenvalue weighted by atomic mass is 10.0. The van der Waals surface area contributed by atoms with Gasteiger partial charge in [0, 0.05) is 6.20 Å². The largest absolute Gasteiger partial charge is 0.481 e. The molecule has 0 amide bonds. The molecular weight excluding hydrogens is 237 g/mol. The Balaban J connectivity index is 2.67. The van der Waals surface area contributed by atoms with Crippen LogP contribution in [0.3, 0.4) is 0 Å². The molecular formula is C13H10FNO3. The van der Waals surface area contributed by atoms with Gasteiger partial charge in [0.15, 0.2) is 0 Å². The predicted octanol–water partition coefficient (Wildman–Crippen LogP) is 2.59. The third-order valence-corrected chi connectivity index (χ3v) is 2.47. The van der Waals surface area contributed by atoms with Gasteiger partial charge in [-0.2, -0.15) is 0 Å².